The first kappa shape index (κ1) is 23.0. The molecular formula is C19H29N4O5S-. The highest BCUT2D eigenvalue weighted by Crippen LogP contribution is 2.29. The smallest absolute Gasteiger partial charge is 0.410 e. The average Bonchev–Trinajstić information content (AvgIpc) is 2.65. The van der Waals surface area contributed by atoms with E-state index in [1.807, 2.05) is 20.8 Å². The number of thiocarbonyl (C=S) groups is 1. The van der Waals surface area contributed by atoms with Crippen molar-refractivity contribution in [3.63, 3.8) is 0 Å². The molecule has 1 heterocycles. The number of amides is 1. The molecule has 1 amide bonds. The fourth-order valence-electron chi connectivity index (χ4n) is 2.95. The van der Waals surface area contributed by atoms with Gasteiger partial charge in [0.2, 0.25) is 0 Å². The van der Waals surface area contributed by atoms with Crippen LogP contribution in [0.4, 0.5) is 16.2 Å². The number of carbonyl (C=O) groups excluding carboxylic acids is 1. The number of rotatable bonds is 5. The summed E-state index contributed by atoms with van der Waals surface area (Å²) in [6.07, 6.45) is 1.40. The third-order valence-corrected chi connectivity index (χ3v) is 4.72. The molecular weight excluding hydrogens is 396 g/mol. The second kappa shape index (κ2) is 9.95. The Bertz CT molecular complexity index is 715. The minimum absolute atomic E-state index is 0.000770. The molecule has 29 heavy (non-hydrogen) atoms. The molecule has 0 aromatic heterocycles. The average molecular weight is 426 g/mol. The topological polar surface area (TPSA) is 109 Å². The van der Waals surface area contributed by atoms with Gasteiger partial charge >= 0.3 is 6.09 Å². The Morgan fingerprint density at radius 2 is 2.03 bits per heavy atom. The Kier molecular flexibility index (Phi) is 7.88. The molecule has 0 spiro atoms. The van der Waals surface area contributed by atoms with E-state index in [-0.39, 0.29) is 17.0 Å². The number of ether oxygens (including phenoxy) is 2. The van der Waals surface area contributed by atoms with Crippen LogP contribution in [0.25, 0.3) is 0 Å². The van der Waals surface area contributed by atoms with E-state index < -0.39 is 5.60 Å². The highest BCUT2D eigenvalue weighted by molar-refractivity contribution is 7.80. The third kappa shape index (κ3) is 7.22. The van der Waals surface area contributed by atoms with Crippen molar-refractivity contribution in [2.24, 2.45) is 5.92 Å². The standard InChI is InChI=1S/C19H29N4O5S/c1-19(2,3)28-18(24)22-9-7-13(8-10-22)12-20-17(29)21-15-6-5-14(27-4)11-16(15)23(25)26/h5-6,11,13,25H,7-10,12H2,1-4H3,(H2,20,21,29)/q-1. The highest BCUT2D eigenvalue weighted by atomic mass is 32.1. The lowest BCUT2D eigenvalue weighted by Crippen LogP contribution is -2.44. The van der Waals surface area contributed by atoms with Crippen LogP contribution in [0.3, 0.4) is 0 Å². The lowest BCUT2D eigenvalue weighted by molar-refractivity contribution is 0.0185. The van der Waals surface area contributed by atoms with Crippen molar-refractivity contribution in [2.45, 2.75) is 39.2 Å². The fourth-order valence-corrected chi connectivity index (χ4v) is 3.15. The van der Waals surface area contributed by atoms with Gasteiger partial charge in [-0.1, -0.05) is 0 Å². The number of hydrogen-bond acceptors (Lipinski definition) is 7. The van der Waals surface area contributed by atoms with Crippen molar-refractivity contribution in [1.29, 1.82) is 0 Å². The Balaban J connectivity index is 1.80. The SMILES string of the molecule is COc1ccc(NC(=S)NCC2CCN(C(=O)OC(C)(C)C)CC2)c(N([O-])O)c1. The van der Waals surface area contributed by atoms with Crippen molar-refractivity contribution in [3.05, 3.63) is 23.4 Å². The van der Waals surface area contributed by atoms with E-state index in [1.165, 1.54) is 13.2 Å². The Morgan fingerprint density at radius 1 is 1.38 bits per heavy atom. The zero-order valence-corrected chi connectivity index (χ0v) is 18.0. The number of methoxy groups -OCH3 is 1. The van der Waals surface area contributed by atoms with E-state index in [0.29, 0.717) is 42.1 Å². The molecule has 10 heteroatoms. The third-order valence-electron chi connectivity index (χ3n) is 4.48. The molecule has 0 saturated carbocycles. The zero-order valence-electron chi connectivity index (χ0n) is 17.2. The molecule has 1 aromatic rings. The van der Waals surface area contributed by atoms with E-state index in [0.717, 1.165) is 12.8 Å². The molecule has 162 valence electrons. The normalized spacial score (nSPS) is 14.9. The number of likely N-dealkylation sites (tertiary alicyclic amines) is 1. The van der Waals surface area contributed by atoms with E-state index in [9.17, 15) is 15.2 Å². The van der Waals surface area contributed by atoms with E-state index in [2.05, 4.69) is 10.6 Å². The number of anilines is 2. The monoisotopic (exact) mass is 425 g/mol. The van der Waals surface area contributed by atoms with Crippen LogP contribution >= 0.6 is 12.2 Å². The first-order chi connectivity index (χ1) is 13.6. The van der Waals surface area contributed by atoms with Gasteiger partial charge in [0.15, 0.2) is 5.11 Å². The molecule has 0 aliphatic carbocycles. The van der Waals surface area contributed by atoms with Gasteiger partial charge in [-0.15, -0.1) is 0 Å². The number of carbonyl (C=O) groups is 1. The van der Waals surface area contributed by atoms with Crippen LogP contribution in [-0.4, -0.2) is 53.7 Å². The van der Waals surface area contributed by atoms with Gasteiger partial charge in [0.05, 0.1) is 18.5 Å². The van der Waals surface area contributed by atoms with Crippen molar-refractivity contribution in [3.8, 4) is 5.75 Å². The first-order valence-electron chi connectivity index (χ1n) is 9.46. The molecule has 0 unspecified atom stereocenters. The zero-order chi connectivity index (χ0) is 21.6. The van der Waals surface area contributed by atoms with E-state index >= 15 is 0 Å². The predicted molar refractivity (Wildman–Crippen MR) is 115 cm³/mol. The number of benzene rings is 1. The van der Waals surface area contributed by atoms with Crippen LogP contribution in [0, 0.1) is 11.1 Å². The Labute approximate surface area is 176 Å². The minimum atomic E-state index is -0.498. The second-order valence-corrected chi connectivity index (χ2v) is 8.31. The fraction of sp³-hybridized carbons (Fsp3) is 0.579. The predicted octanol–water partition coefficient (Wildman–Crippen LogP) is 3.32. The van der Waals surface area contributed by atoms with E-state index in [4.69, 9.17) is 21.7 Å². The van der Waals surface area contributed by atoms with Crippen molar-refractivity contribution in [2.75, 3.05) is 37.3 Å². The number of piperidine rings is 1. The van der Waals surface area contributed by atoms with Gasteiger partial charge in [0.25, 0.3) is 0 Å². The summed E-state index contributed by atoms with van der Waals surface area (Å²) in [4.78, 5) is 13.8. The summed E-state index contributed by atoms with van der Waals surface area (Å²) in [6.45, 7) is 7.48. The summed E-state index contributed by atoms with van der Waals surface area (Å²) in [5.74, 6) is 0.800. The Hall–Kier alpha value is -2.30. The maximum atomic E-state index is 12.1. The van der Waals surface area contributed by atoms with Crippen molar-refractivity contribution < 1.29 is 19.5 Å². The van der Waals surface area contributed by atoms with Crippen LogP contribution in [-0.2, 0) is 4.74 Å². The lowest BCUT2D eigenvalue weighted by Gasteiger charge is -2.33. The van der Waals surface area contributed by atoms with Crippen molar-refractivity contribution in [1.82, 2.24) is 10.2 Å². The van der Waals surface area contributed by atoms with Gasteiger partial charge in [-0.3, -0.25) is 5.21 Å². The van der Waals surface area contributed by atoms with Crippen molar-refractivity contribution >= 4 is 34.8 Å². The summed E-state index contributed by atoms with van der Waals surface area (Å²) in [5.41, 5.74) is -0.137. The maximum Gasteiger partial charge on any atom is 0.410 e. The van der Waals surface area contributed by atoms with Gasteiger partial charge in [-0.05, 0) is 63.9 Å². The molecule has 1 aliphatic rings. The minimum Gasteiger partial charge on any atom is -0.733 e. The molecule has 0 bridgehead atoms. The first-order valence-corrected chi connectivity index (χ1v) is 9.87. The number of nitrogens with zero attached hydrogens (tertiary/aromatic N) is 2. The Morgan fingerprint density at radius 3 is 2.59 bits per heavy atom. The van der Waals surface area contributed by atoms with Gasteiger partial charge in [-0.2, -0.15) is 0 Å². The summed E-state index contributed by atoms with van der Waals surface area (Å²) in [5, 5.41) is 26.8. The molecule has 1 aromatic carbocycles. The molecule has 0 radical (unpaired) electrons. The van der Waals surface area contributed by atoms with Crippen LogP contribution in [0.15, 0.2) is 18.2 Å². The summed E-state index contributed by atoms with van der Waals surface area (Å²) in [6, 6.07) is 4.66. The molecule has 1 saturated heterocycles. The van der Waals surface area contributed by atoms with Gasteiger partial charge in [0.1, 0.15) is 11.4 Å². The summed E-state index contributed by atoms with van der Waals surface area (Å²) < 4.78 is 10.5. The number of nitrogens with one attached hydrogen (secondary N) is 2. The molecule has 1 aliphatic heterocycles. The van der Waals surface area contributed by atoms with Gasteiger partial charge in [-0.25, -0.2) is 4.79 Å². The van der Waals surface area contributed by atoms with Gasteiger partial charge in [0, 0.05) is 25.7 Å². The summed E-state index contributed by atoms with van der Waals surface area (Å²) >= 11 is 5.30. The maximum absolute atomic E-state index is 12.1. The summed E-state index contributed by atoms with van der Waals surface area (Å²) in [7, 11) is 1.47. The lowest BCUT2D eigenvalue weighted by atomic mass is 9.97. The highest BCUT2D eigenvalue weighted by Gasteiger charge is 2.26. The molecule has 0 atom stereocenters. The molecule has 2 rings (SSSR count). The second-order valence-electron chi connectivity index (χ2n) is 7.90. The quantitative estimate of drug-likeness (QED) is 0.483. The van der Waals surface area contributed by atoms with Gasteiger partial charge < -0.3 is 35.4 Å². The molecule has 3 N–H and O–H groups in total. The van der Waals surface area contributed by atoms with Crippen LogP contribution in [0.2, 0.25) is 0 Å². The van der Waals surface area contributed by atoms with Crippen LogP contribution in [0.1, 0.15) is 33.6 Å². The van der Waals surface area contributed by atoms with Crippen LogP contribution < -0.4 is 20.6 Å². The number of hydrogen-bond donors (Lipinski definition) is 3. The van der Waals surface area contributed by atoms with Crippen LogP contribution in [0.5, 0.6) is 5.75 Å². The largest absolute Gasteiger partial charge is 0.733 e. The van der Waals surface area contributed by atoms with E-state index in [1.54, 1.807) is 17.0 Å². The molecule has 9 nitrogen and oxygen atoms in total. The molecule has 1 fully saturated rings.